The fourth-order valence-electron chi connectivity index (χ4n) is 4.57. The number of hydrogen-bond donors (Lipinski definition) is 0. The van der Waals surface area contributed by atoms with Crippen molar-refractivity contribution in [2.24, 2.45) is 5.92 Å². The number of nitrogens with zero attached hydrogens (tertiary/aromatic N) is 2. The van der Waals surface area contributed by atoms with Gasteiger partial charge in [0, 0.05) is 6.54 Å². The topological polar surface area (TPSA) is 32.8 Å². The lowest BCUT2D eigenvalue weighted by atomic mass is 9.86. The second-order valence-electron chi connectivity index (χ2n) is 7.52. The van der Waals surface area contributed by atoms with Gasteiger partial charge in [0.25, 0.3) is 0 Å². The predicted octanol–water partition coefficient (Wildman–Crippen LogP) is 2.85. The number of rotatable bonds is 4. The highest BCUT2D eigenvalue weighted by Crippen LogP contribution is 2.32. The van der Waals surface area contributed by atoms with Gasteiger partial charge in [0.2, 0.25) is 0 Å². The molecule has 4 saturated heterocycles. The van der Waals surface area contributed by atoms with E-state index < -0.39 is 0 Å². The number of esters is 1. The van der Waals surface area contributed by atoms with E-state index in [0.29, 0.717) is 5.92 Å². The number of carbonyl (C=O) groups is 1. The zero-order chi connectivity index (χ0) is 16.4. The molecule has 0 saturated carbocycles. The third-order valence-corrected chi connectivity index (χ3v) is 5.96. The van der Waals surface area contributed by atoms with Gasteiger partial charge in [-0.25, -0.2) is 4.79 Å². The number of ether oxygens (including phenoxy) is 1. The Balaban J connectivity index is 1.50. The Morgan fingerprint density at radius 1 is 1.00 bits per heavy atom. The van der Waals surface area contributed by atoms with Crippen LogP contribution in [0, 0.1) is 5.92 Å². The van der Waals surface area contributed by atoms with Crippen LogP contribution in [0.25, 0.3) is 0 Å². The summed E-state index contributed by atoms with van der Waals surface area (Å²) in [6.45, 7) is 5.27. The Morgan fingerprint density at radius 2 is 1.71 bits per heavy atom. The van der Waals surface area contributed by atoms with Crippen molar-refractivity contribution in [1.82, 2.24) is 9.80 Å². The van der Waals surface area contributed by atoms with Crippen molar-refractivity contribution in [3.05, 3.63) is 35.9 Å². The van der Waals surface area contributed by atoms with Gasteiger partial charge in [-0.2, -0.15) is 0 Å². The van der Waals surface area contributed by atoms with Crippen LogP contribution in [0.1, 0.15) is 43.7 Å². The van der Waals surface area contributed by atoms with Gasteiger partial charge in [0.1, 0.15) is 12.1 Å². The quantitative estimate of drug-likeness (QED) is 0.796. The molecule has 1 aromatic carbocycles. The van der Waals surface area contributed by atoms with Crippen LogP contribution in [0.15, 0.2) is 30.3 Å². The van der Waals surface area contributed by atoms with Crippen molar-refractivity contribution < 1.29 is 9.53 Å². The molecule has 0 aliphatic carbocycles. The first-order chi connectivity index (χ1) is 11.8. The molecular formula is C20H28N2O2. The summed E-state index contributed by atoms with van der Waals surface area (Å²) in [6.07, 6.45) is 6.07. The van der Waals surface area contributed by atoms with Gasteiger partial charge in [0.15, 0.2) is 0 Å². The van der Waals surface area contributed by atoms with Crippen LogP contribution in [0.2, 0.25) is 0 Å². The fraction of sp³-hybridized carbons (Fsp3) is 0.650. The first-order valence-electron chi connectivity index (χ1n) is 9.53. The van der Waals surface area contributed by atoms with Gasteiger partial charge in [-0.15, -0.1) is 0 Å². The molecule has 2 bridgehead atoms. The third kappa shape index (κ3) is 3.35. The number of benzene rings is 1. The number of piperidine rings is 4. The molecule has 130 valence electrons. The molecule has 4 nitrogen and oxygen atoms in total. The summed E-state index contributed by atoms with van der Waals surface area (Å²) in [5.41, 5.74) is 1.07. The van der Waals surface area contributed by atoms with E-state index in [1.54, 1.807) is 0 Å². The van der Waals surface area contributed by atoms with E-state index in [4.69, 9.17) is 4.74 Å². The smallest absolute Gasteiger partial charge is 0.328 e. The Kier molecular flexibility index (Phi) is 4.86. The van der Waals surface area contributed by atoms with Crippen LogP contribution in [-0.2, 0) is 9.53 Å². The minimum atomic E-state index is -0.234. The second-order valence-corrected chi connectivity index (χ2v) is 7.52. The molecule has 4 heterocycles. The standard InChI is InChI=1S/C20H28N2O2/c23-20(24-18-15-21-13-9-16(18)10-14-21)19(17-7-3-1-4-8-17)22-11-5-2-6-12-22/h1,3-4,7-8,16,18-19H,2,5-6,9-15H2/t18-,19?/m0/s1. The lowest BCUT2D eigenvalue weighted by Crippen LogP contribution is -2.52. The van der Waals surface area contributed by atoms with Crippen LogP contribution >= 0.6 is 0 Å². The molecule has 2 atom stereocenters. The van der Waals surface area contributed by atoms with Crippen molar-refractivity contribution in [3.63, 3.8) is 0 Å². The van der Waals surface area contributed by atoms with Gasteiger partial charge in [-0.1, -0.05) is 36.8 Å². The molecule has 24 heavy (non-hydrogen) atoms. The maximum Gasteiger partial charge on any atom is 0.328 e. The summed E-state index contributed by atoms with van der Waals surface area (Å²) < 4.78 is 6.07. The van der Waals surface area contributed by atoms with Crippen LogP contribution in [-0.4, -0.2) is 54.6 Å². The van der Waals surface area contributed by atoms with Gasteiger partial charge in [0.05, 0.1) is 0 Å². The minimum Gasteiger partial charge on any atom is -0.459 e. The van der Waals surface area contributed by atoms with E-state index in [1.165, 1.54) is 45.2 Å². The van der Waals surface area contributed by atoms with Crippen molar-refractivity contribution in [2.75, 3.05) is 32.7 Å². The molecule has 4 heteroatoms. The minimum absolute atomic E-state index is 0.0400. The summed E-state index contributed by atoms with van der Waals surface area (Å²) in [5, 5.41) is 0. The summed E-state index contributed by atoms with van der Waals surface area (Å²) in [5.74, 6) is 0.526. The fourth-order valence-corrected chi connectivity index (χ4v) is 4.57. The van der Waals surface area contributed by atoms with Crippen molar-refractivity contribution in [2.45, 2.75) is 44.2 Å². The Morgan fingerprint density at radius 3 is 2.33 bits per heavy atom. The maximum absolute atomic E-state index is 13.1. The molecule has 0 amide bonds. The van der Waals surface area contributed by atoms with Crippen LogP contribution in [0.4, 0.5) is 0 Å². The van der Waals surface area contributed by atoms with Gasteiger partial charge in [-0.05, 0) is 63.3 Å². The largest absolute Gasteiger partial charge is 0.459 e. The number of fused-ring (bicyclic) bond motifs is 3. The normalized spacial score (nSPS) is 31.6. The SMILES string of the molecule is O=C(O[C@H]1CN2CCC1CC2)C(c1ccccc1)N1CCCCC1. The van der Waals surface area contributed by atoms with E-state index >= 15 is 0 Å². The average Bonchev–Trinajstić information content (AvgIpc) is 2.65. The zero-order valence-corrected chi connectivity index (χ0v) is 14.4. The van der Waals surface area contributed by atoms with Crippen LogP contribution in [0.3, 0.4) is 0 Å². The first-order valence-corrected chi connectivity index (χ1v) is 9.53. The summed E-state index contributed by atoms with van der Waals surface area (Å²) in [6, 6.07) is 9.95. The molecule has 0 N–H and O–H groups in total. The van der Waals surface area contributed by atoms with Crippen LogP contribution < -0.4 is 0 Å². The highest BCUT2D eigenvalue weighted by Gasteiger charge is 2.39. The zero-order valence-electron chi connectivity index (χ0n) is 14.4. The van der Waals surface area contributed by atoms with E-state index in [9.17, 15) is 4.79 Å². The highest BCUT2D eigenvalue weighted by molar-refractivity contribution is 5.78. The molecule has 4 fully saturated rings. The highest BCUT2D eigenvalue weighted by atomic mass is 16.5. The van der Waals surface area contributed by atoms with E-state index in [-0.39, 0.29) is 18.1 Å². The predicted molar refractivity (Wildman–Crippen MR) is 93.7 cm³/mol. The van der Waals surface area contributed by atoms with Gasteiger partial charge in [-0.3, -0.25) is 9.80 Å². The first kappa shape index (κ1) is 16.1. The molecule has 0 spiro atoms. The van der Waals surface area contributed by atoms with E-state index in [0.717, 1.165) is 25.2 Å². The number of likely N-dealkylation sites (tertiary alicyclic amines) is 1. The summed E-state index contributed by atoms with van der Waals surface area (Å²) in [4.78, 5) is 17.9. The molecule has 4 aliphatic rings. The van der Waals surface area contributed by atoms with Crippen molar-refractivity contribution in [1.29, 1.82) is 0 Å². The van der Waals surface area contributed by atoms with Crippen LogP contribution in [0.5, 0.6) is 0 Å². The molecule has 1 aromatic rings. The Bertz CT molecular complexity index is 548. The summed E-state index contributed by atoms with van der Waals surface area (Å²) in [7, 11) is 0. The lowest BCUT2D eigenvalue weighted by Gasteiger charge is -2.44. The molecule has 1 unspecified atom stereocenters. The van der Waals surface area contributed by atoms with Crippen molar-refractivity contribution in [3.8, 4) is 0 Å². The number of carbonyl (C=O) groups excluding carboxylic acids is 1. The Hall–Kier alpha value is -1.39. The molecule has 0 radical (unpaired) electrons. The lowest BCUT2D eigenvalue weighted by molar-refractivity contribution is -0.166. The van der Waals surface area contributed by atoms with E-state index in [1.807, 2.05) is 18.2 Å². The van der Waals surface area contributed by atoms with Gasteiger partial charge < -0.3 is 4.74 Å². The van der Waals surface area contributed by atoms with Crippen molar-refractivity contribution >= 4 is 5.97 Å². The van der Waals surface area contributed by atoms with E-state index in [2.05, 4.69) is 21.9 Å². The second kappa shape index (κ2) is 7.24. The monoisotopic (exact) mass is 328 g/mol. The average molecular weight is 328 g/mol. The Labute approximate surface area is 144 Å². The third-order valence-electron chi connectivity index (χ3n) is 5.96. The summed E-state index contributed by atoms with van der Waals surface area (Å²) >= 11 is 0. The molecule has 4 aliphatic heterocycles. The molecular weight excluding hydrogens is 300 g/mol. The maximum atomic E-state index is 13.1. The molecule has 5 rings (SSSR count). The van der Waals surface area contributed by atoms with Gasteiger partial charge >= 0.3 is 5.97 Å². The number of hydrogen-bond acceptors (Lipinski definition) is 4. The molecule has 0 aromatic heterocycles.